The summed E-state index contributed by atoms with van der Waals surface area (Å²) in [6.07, 6.45) is 4.09. The Bertz CT molecular complexity index is 568. The topological polar surface area (TPSA) is 0 Å². The van der Waals surface area contributed by atoms with Crippen molar-refractivity contribution < 1.29 is 0 Å². The van der Waals surface area contributed by atoms with Gasteiger partial charge in [0.15, 0.2) is 0 Å². The maximum absolute atomic E-state index is 6.09. The molecule has 2 heteroatoms. The fraction of sp³-hybridized carbons (Fsp3) is 0. The minimum Gasteiger partial charge on any atom is -0.0843 e. The van der Waals surface area contributed by atoms with Crippen molar-refractivity contribution in [3.05, 3.63) is 45.4 Å². The maximum Gasteiger partial charge on any atom is 0.0485 e. The largest absolute Gasteiger partial charge is 0.0843 e. The highest BCUT2D eigenvalue weighted by molar-refractivity contribution is 6.35. The molecule has 0 radical (unpaired) electrons. The van der Waals surface area contributed by atoms with Gasteiger partial charge in [0.2, 0.25) is 0 Å². The van der Waals surface area contributed by atoms with E-state index in [1.54, 1.807) is 0 Å². The summed E-state index contributed by atoms with van der Waals surface area (Å²) < 4.78 is 0. The lowest BCUT2D eigenvalue weighted by Crippen LogP contribution is -1.80. The van der Waals surface area contributed by atoms with Gasteiger partial charge >= 0.3 is 0 Å². The average molecular weight is 221 g/mol. The van der Waals surface area contributed by atoms with Crippen molar-refractivity contribution >= 4 is 46.1 Å². The second kappa shape index (κ2) is 2.75. The molecule has 0 spiro atoms. The van der Waals surface area contributed by atoms with E-state index in [-0.39, 0.29) is 0 Å². The van der Waals surface area contributed by atoms with Gasteiger partial charge in [-0.3, -0.25) is 0 Å². The molecule has 0 saturated heterocycles. The highest BCUT2D eigenvalue weighted by Crippen LogP contribution is 2.37. The Morgan fingerprint density at radius 3 is 2.64 bits per heavy atom. The monoisotopic (exact) mass is 220 g/mol. The Balaban J connectivity index is 2.58. The number of hydrogen-bond acceptors (Lipinski definition) is 0. The highest BCUT2D eigenvalue weighted by Gasteiger charge is 2.12. The first-order valence-electron chi connectivity index (χ1n) is 4.35. The average Bonchev–Trinajstić information content (AvgIpc) is 2.56. The van der Waals surface area contributed by atoms with Crippen molar-refractivity contribution in [3.63, 3.8) is 0 Å². The van der Waals surface area contributed by atoms with E-state index < -0.39 is 0 Å². The molecule has 0 aromatic heterocycles. The third-order valence-electron chi connectivity index (χ3n) is 2.53. The number of rotatable bonds is 0. The molecule has 0 fully saturated rings. The van der Waals surface area contributed by atoms with Crippen LogP contribution in [-0.4, -0.2) is 0 Å². The van der Waals surface area contributed by atoms with Crippen molar-refractivity contribution in [1.29, 1.82) is 0 Å². The van der Waals surface area contributed by atoms with E-state index in [9.17, 15) is 0 Å². The predicted octanol–water partition coefficient (Wildman–Crippen LogP) is 4.63. The van der Waals surface area contributed by atoms with E-state index in [4.69, 9.17) is 23.2 Å². The van der Waals surface area contributed by atoms with Crippen LogP contribution in [0.5, 0.6) is 0 Å². The van der Waals surface area contributed by atoms with Gasteiger partial charge in [-0.05, 0) is 34.5 Å². The molecule has 0 saturated carbocycles. The summed E-state index contributed by atoms with van der Waals surface area (Å²) in [4.78, 5) is 0. The molecular formula is C12H6Cl2. The van der Waals surface area contributed by atoms with Crippen molar-refractivity contribution in [1.82, 2.24) is 0 Å². The quantitative estimate of drug-likeness (QED) is 0.519. The van der Waals surface area contributed by atoms with Crippen LogP contribution in [0.25, 0.3) is 22.9 Å². The molecule has 3 rings (SSSR count). The molecular weight excluding hydrogens is 215 g/mol. The number of halogens is 2. The van der Waals surface area contributed by atoms with E-state index in [1.165, 1.54) is 5.39 Å². The second-order valence-electron chi connectivity index (χ2n) is 3.39. The number of hydrogen-bond donors (Lipinski definition) is 0. The molecule has 0 bridgehead atoms. The zero-order valence-corrected chi connectivity index (χ0v) is 8.73. The van der Waals surface area contributed by atoms with Gasteiger partial charge in [-0.1, -0.05) is 41.4 Å². The van der Waals surface area contributed by atoms with Crippen LogP contribution in [0.4, 0.5) is 0 Å². The normalized spacial score (nSPS) is 12.7. The Hall–Kier alpha value is -0.980. The minimum atomic E-state index is 0.771. The lowest BCUT2D eigenvalue weighted by atomic mass is 10.0. The molecule has 1 aliphatic carbocycles. The Kier molecular flexibility index (Phi) is 1.64. The summed E-state index contributed by atoms with van der Waals surface area (Å²) in [6, 6.07) is 7.85. The summed E-state index contributed by atoms with van der Waals surface area (Å²) in [5.74, 6) is 0. The van der Waals surface area contributed by atoms with Gasteiger partial charge in [-0.25, -0.2) is 0 Å². The third-order valence-corrected chi connectivity index (χ3v) is 3.08. The summed E-state index contributed by atoms with van der Waals surface area (Å²) in [5, 5.41) is 3.93. The Labute approximate surface area is 91.8 Å². The molecule has 2 aromatic rings. The molecule has 0 nitrogen and oxygen atoms in total. The van der Waals surface area contributed by atoms with Gasteiger partial charge < -0.3 is 0 Å². The van der Waals surface area contributed by atoms with Gasteiger partial charge in [0.1, 0.15) is 0 Å². The Morgan fingerprint density at radius 1 is 0.929 bits per heavy atom. The summed E-state index contributed by atoms with van der Waals surface area (Å²) in [6.45, 7) is 0. The van der Waals surface area contributed by atoms with Crippen molar-refractivity contribution in [3.8, 4) is 0 Å². The van der Waals surface area contributed by atoms with Crippen LogP contribution in [0.3, 0.4) is 0 Å². The molecule has 0 amide bonds. The van der Waals surface area contributed by atoms with Crippen LogP contribution in [0, 0.1) is 0 Å². The van der Waals surface area contributed by atoms with Crippen molar-refractivity contribution in [2.75, 3.05) is 0 Å². The first-order chi connectivity index (χ1) is 6.75. The van der Waals surface area contributed by atoms with Crippen LogP contribution >= 0.6 is 23.2 Å². The minimum absolute atomic E-state index is 0.771. The molecule has 0 unspecified atom stereocenters. The number of benzene rings is 2. The van der Waals surface area contributed by atoms with Crippen LogP contribution in [-0.2, 0) is 0 Å². The summed E-state index contributed by atoms with van der Waals surface area (Å²) >= 11 is 12.1. The first-order valence-corrected chi connectivity index (χ1v) is 5.11. The highest BCUT2D eigenvalue weighted by atomic mass is 35.5. The molecule has 0 N–H and O–H groups in total. The zero-order chi connectivity index (χ0) is 9.71. The zero-order valence-electron chi connectivity index (χ0n) is 7.22. The van der Waals surface area contributed by atoms with Crippen molar-refractivity contribution in [2.24, 2.45) is 0 Å². The Morgan fingerprint density at radius 2 is 1.79 bits per heavy atom. The van der Waals surface area contributed by atoms with Crippen LogP contribution in [0.15, 0.2) is 24.3 Å². The SMILES string of the molecule is Clc1cc2c3c(c(Cl)ccc3c1)C=C2. The maximum atomic E-state index is 6.09. The second-order valence-corrected chi connectivity index (χ2v) is 4.23. The van der Waals surface area contributed by atoms with E-state index in [0.717, 1.165) is 26.6 Å². The molecule has 68 valence electrons. The molecule has 0 atom stereocenters. The van der Waals surface area contributed by atoms with Gasteiger partial charge in [0.05, 0.1) is 0 Å². The smallest absolute Gasteiger partial charge is 0.0485 e. The van der Waals surface area contributed by atoms with Gasteiger partial charge in [-0.2, -0.15) is 0 Å². The van der Waals surface area contributed by atoms with Crippen LogP contribution in [0.1, 0.15) is 11.1 Å². The lowest BCUT2D eigenvalue weighted by molar-refractivity contribution is 1.71. The predicted molar refractivity (Wildman–Crippen MR) is 62.9 cm³/mol. The van der Waals surface area contributed by atoms with E-state index in [1.807, 2.05) is 30.3 Å². The van der Waals surface area contributed by atoms with Gasteiger partial charge in [0, 0.05) is 15.6 Å². The fourth-order valence-corrected chi connectivity index (χ4v) is 2.39. The van der Waals surface area contributed by atoms with Gasteiger partial charge in [-0.15, -0.1) is 0 Å². The lowest BCUT2D eigenvalue weighted by Gasteiger charge is -2.04. The van der Waals surface area contributed by atoms with Crippen LogP contribution < -0.4 is 0 Å². The molecule has 14 heavy (non-hydrogen) atoms. The fourth-order valence-electron chi connectivity index (χ4n) is 1.93. The van der Waals surface area contributed by atoms with Crippen molar-refractivity contribution in [2.45, 2.75) is 0 Å². The molecule has 1 aliphatic rings. The summed E-state index contributed by atoms with van der Waals surface area (Å²) in [7, 11) is 0. The molecule has 2 aromatic carbocycles. The van der Waals surface area contributed by atoms with Crippen LogP contribution in [0.2, 0.25) is 10.0 Å². The third kappa shape index (κ3) is 1.01. The van der Waals surface area contributed by atoms with E-state index in [2.05, 4.69) is 6.08 Å². The standard InChI is InChI=1S/C12H6Cl2/c13-9-5-7-1-3-10-11(14)4-2-8(6-9)12(7)10/h1-6H. The summed E-state index contributed by atoms with van der Waals surface area (Å²) in [5.41, 5.74) is 2.26. The first kappa shape index (κ1) is 8.34. The van der Waals surface area contributed by atoms with Gasteiger partial charge in [0.25, 0.3) is 0 Å². The molecule has 0 aliphatic heterocycles. The molecule has 0 heterocycles. The van der Waals surface area contributed by atoms with E-state index >= 15 is 0 Å². The van der Waals surface area contributed by atoms with E-state index in [0.29, 0.717) is 0 Å².